The van der Waals surface area contributed by atoms with Gasteiger partial charge in [-0.3, -0.25) is 9.48 Å². The van der Waals surface area contributed by atoms with E-state index in [2.05, 4.69) is 10.4 Å². The van der Waals surface area contributed by atoms with E-state index in [1.807, 2.05) is 0 Å². The van der Waals surface area contributed by atoms with Crippen molar-refractivity contribution in [2.24, 2.45) is 7.05 Å². The molecule has 0 bridgehead atoms. The first-order valence-electron chi connectivity index (χ1n) is 7.47. The third-order valence-electron chi connectivity index (χ3n) is 3.99. The Balaban J connectivity index is 1.77. The van der Waals surface area contributed by atoms with Crippen LogP contribution in [0.25, 0.3) is 0 Å². The first-order chi connectivity index (χ1) is 11.8. The Hall–Kier alpha value is -3.02. The normalized spacial score (nSPS) is 17.6. The van der Waals surface area contributed by atoms with Gasteiger partial charge in [-0.15, -0.1) is 0 Å². The molecule has 1 aromatic heterocycles. The smallest absolute Gasteiger partial charge is 0.374 e. The number of carbonyl (C=O) groups is 1. The minimum Gasteiger partial charge on any atom is -0.374 e. The molecule has 1 aliphatic rings. The van der Waals surface area contributed by atoms with Gasteiger partial charge in [-0.1, -0.05) is 0 Å². The zero-order valence-corrected chi connectivity index (χ0v) is 13.2. The van der Waals surface area contributed by atoms with E-state index in [1.54, 1.807) is 35.1 Å². The van der Waals surface area contributed by atoms with E-state index in [0.29, 0.717) is 24.3 Å². The molecular formula is C16H14F3N5O. The highest BCUT2D eigenvalue weighted by atomic mass is 19.4. The van der Waals surface area contributed by atoms with Crippen molar-refractivity contribution in [2.75, 3.05) is 16.8 Å². The summed E-state index contributed by atoms with van der Waals surface area (Å²) in [7, 11) is 1.74. The molecule has 0 aliphatic carbocycles. The Morgan fingerprint density at radius 2 is 2.16 bits per heavy atom. The molecule has 1 saturated heterocycles. The quantitative estimate of drug-likeness (QED) is 0.924. The van der Waals surface area contributed by atoms with Crippen LogP contribution in [0.5, 0.6) is 0 Å². The van der Waals surface area contributed by atoms with E-state index in [9.17, 15) is 18.0 Å². The molecule has 1 fully saturated rings. The minimum atomic E-state index is -4.59. The number of carbonyl (C=O) groups excluding carboxylic acids is 1. The maximum absolute atomic E-state index is 12.8. The number of aryl methyl sites for hydroxylation is 1. The van der Waals surface area contributed by atoms with Crippen molar-refractivity contribution in [3.63, 3.8) is 0 Å². The monoisotopic (exact) mass is 349 g/mol. The molecule has 25 heavy (non-hydrogen) atoms. The summed E-state index contributed by atoms with van der Waals surface area (Å²) in [6.45, 7) is 0.480. The highest BCUT2D eigenvalue weighted by molar-refractivity contribution is 6.00. The van der Waals surface area contributed by atoms with Gasteiger partial charge in [-0.05, 0) is 24.6 Å². The van der Waals surface area contributed by atoms with Gasteiger partial charge in [0, 0.05) is 25.5 Å². The Morgan fingerprint density at radius 3 is 2.76 bits per heavy atom. The van der Waals surface area contributed by atoms with Crippen LogP contribution >= 0.6 is 0 Å². The van der Waals surface area contributed by atoms with Gasteiger partial charge in [0.15, 0.2) is 0 Å². The van der Waals surface area contributed by atoms with E-state index >= 15 is 0 Å². The molecule has 0 spiro atoms. The lowest BCUT2D eigenvalue weighted by atomic mass is 10.1. The predicted molar refractivity (Wildman–Crippen MR) is 83.7 cm³/mol. The van der Waals surface area contributed by atoms with Crippen molar-refractivity contribution in [2.45, 2.75) is 18.6 Å². The molecule has 1 atom stereocenters. The number of benzene rings is 1. The Kier molecular flexibility index (Phi) is 4.12. The number of rotatable bonds is 3. The second kappa shape index (κ2) is 6.12. The highest BCUT2D eigenvalue weighted by Gasteiger charge is 2.35. The number of nitrogens with zero attached hydrogens (tertiary/aromatic N) is 4. The van der Waals surface area contributed by atoms with Crippen LogP contribution < -0.4 is 10.2 Å². The van der Waals surface area contributed by atoms with E-state index in [1.165, 1.54) is 6.07 Å². The molecular weight excluding hydrogens is 335 g/mol. The Morgan fingerprint density at radius 1 is 1.40 bits per heavy atom. The largest absolute Gasteiger partial charge is 0.417 e. The number of hydrogen-bond donors (Lipinski definition) is 1. The molecule has 0 saturated carbocycles. The molecule has 6 nitrogen and oxygen atoms in total. The standard InChI is InChI=1S/C16H14F3N5O/c1-23-9-12(8-21-23)24-5-4-14(15(24)25)22-11-2-3-13(16(17,18)19)10(6-11)7-20/h2-3,6,8-9,14,22H,4-5H2,1H3/t14-/m1/s1. The van der Waals surface area contributed by atoms with Crippen LogP contribution in [0, 0.1) is 11.3 Å². The van der Waals surface area contributed by atoms with Gasteiger partial charge in [-0.2, -0.15) is 23.5 Å². The average molecular weight is 349 g/mol. The van der Waals surface area contributed by atoms with Gasteiger partial charge >= 0.3 is 6.18 Å². The second-order valence-corrected chi connectivity index (χ2v) is 5.72. The van der Waals surface area contributed by atoms with Gasteiger partial charge in [0.1, 0.15) is 6.04 Å². The number of halogens is 3. The molecule has 1 amide bonds. The van der Waals surface area contributed by atoms with Crippen molar-refractivity contribution >= 4 is 17.3 Å². The maximum Gasteiger partial charge on any atom is 0.417 e. The summed E-state index contributed by atoms with van der Waals surface area (Å²) in [5.41, 5.74) is -0.500. The van der Waals surface area contributed by atoms with Crippen LogP contribution in [0.1, 0.15) is 17.5 Å². The van der Waals surface area contributed by atoms with Crippen molar-refractivity contribution in [3.8, 4) is 6.07 Å². The highest BCUT2D eigenvalue weighted by Crippen LogP contribution is 2.33. The summed E-state index contributed by atoms with van der Waals surface area (Å²) < 4.78 is 40.1. The number of alkyl halides is 3. The topological polar surface area (TPSA) is 73.9 Å². The molecule has 9 heteroatoms. The van der Waals surface area contributed by atoms with Crippen LogP contribution in [0.15, 0.2) is 30.6 Å². The van der Waals surface area contributed by atoms with Crippen molar-refractivity contribution in [1.82, 2.24) is 9.78 Å². The molecule has 3 rings (SSSR count). The fourth-order valence-electron chi connectivity index (χ4n) is 2.79. The first kappa shape index (κ1) is 16.8. The number of hydrogen-bond acceptors (Lipinski definition) is 4. The van der Waals surface area contributed by atoms with E-state index in [-0.39, 0.29) is 5.91 Å². The van der Waals surface area contributed by atoms with Crippen molar-refractivity contribution < 1.29 is 18.0 Å². The first-order valence-corrected chi connectivity index (χ1v) is 7.47. The number of amides is 1. The lowest BCUT2D eigenvalue weighted by molar-refractivity contribution is -0.137. The van der Waals surface area contributed by atoms with Crippen LogP contribution in [-0.2, 0) is 18.0 Å². The third kappa shape index (κ3) is 3.28. The Bertz CT molecular complexity index is 852. The molecule has 1 aliphatic heterocycles. The van der Waals surface area contributed by atoms with Crippen LogP contribution in [0.3, 0.4) is 0 Å². The summed E-state index contributed by atoms with van der Waals surface area (Å²) in [6, 6.07) is 4.17. The predicted octanol–water partition coefficient (Wildman–Crippen LogP) is 2.53. The summed E-state index contributed by atoms with van der Waals surface area (Å²) in [5.74, 6) is -0.189. The number of anilines is 2. The summed E-state index contributed by atoms with van der Waals surface area (Å²) >= 11 is 0. The lowest BCUT2D eigenvalue weighted by Crippen LogP contribution is -2.33. The lowest BCUT2D eigenvalue weighted by Gasteiger charge is -2.17. The third-order valence-corrected chi connectivity index (χ3v) is 3.99. The molecule has 0 unspecified atom stereocenters. The van der Waals surface area contributed by atoms with Crippen LogP contribution in [0.4, 0.5) is 24.5 Å². The molecule has 1 N–H and O–H groups in total. The van der Waals surface area contributed by atoms with Gasteiger partial charge < -0.3 is 10.2 Å². The van der Waals surface area contributed by atoms with E-state index in [4.69, 9.17) is 5.26 Å². The Labute approximate surface area is 141 Å². The fraction of sp³-hybridized carbons (Fsp3) is 0.312. The zero-order chi connectivity index (χ0) is 18.2. The maximum atomic E-state index is 12.8. The summed E-state index contributed by atoms with van der Waals surface area (Å²) in [5, 5.41) is 15.9. The number of nitriles is 1. The molecule has 2 heterocycles. The van der Waals surface area contributed by atoms with Gasteiger partial charge in [-0.25, -0.2) is 0 Å². The van der Waals surface area contributed by atoms with Gasteiger partial charge in [0.25, 0.3) is 0 Å². The van der Waals surface area contributed by atoms with Crippen LogP contribution in [-0.4, -0.2) is 28.3 Å². The molecule has 2 aromatic rings. The summed E-state index contributed by atoms with van der Waals surface area (Å²) in [6.07, 6.45) is -0.807. The van der Waals surface area contributed by atoms with E-state index in [0.717, 1.165) is 12.1 Å². The van der Waals surface area contributed by atoms with Gasteiger partial charge in [0.05, 0.1) is 29.1 Å². The van der Waals surface area contributed by atoms with Crippen molar-refractivity contribution in [3.05, 3.63) is 41.7 Å². The second-order valence-electron chi connectivity index (χ2n) is 5.72. The molecule has 0 radical (unpaired) electrons. The SMILES string of the molecule is Cn1cc(N2CC[C@@H](Nc3ccc(C(F)(F)F)c(C#N)c3)C2=O)cn1. The average Bonchev–Trinajstić information content (AvgIpc) is 3.13. The number of aromatic nitrogens is 2. The van der Waals surface area contributed by atoms with Crippen LogP contribution in [0.2, 0.25) is 0 Å². The minimum absolute atomic E-state index is 0.189. The van der Waals surface area contributed by atoms with Crippen molar-refractivity contribution in [1.29, 1.82) is 5.26 Å². The molecule has 1 aromatic carbocycles. The molecule has 130 valence electrons. The number of nitrogens with one attached hydrogen (secondary N) is 1. The summed E-state index contributed by atoms with van der Waals surface area (Å²) in [4.78, 5) is 14.1. The fourth-order valence-corrected chi connectivity index (χ4v) is 2.79. The van der Waals surface area contributed by atoms with Gasteiger partial charge in [0.2, 0.25) is 5.91 Å². The van der Waals surface area contributed by atoms with E-state index < -0.39 is 23.3 Å². The zero-order valence-electron chi connectivity index (χ0n) is 13.2.